The third-order valence-corrected chi connectivity index (χ3v) is 2.87. The molecule has 4 nitrogen and oxygen atoms in total. The summed E-state index contributed by atoms with van der Waals surface area (Å²) in [5.41, 5.74) is 1.79. The summed E-state index contributed by atoms with van der Waals surface area (Å²) in [7, 11) is 3.23. The maximum absolute atomic E-state index is 11.1. The lowest BCUT2D eigenvalue weighted by Crippen LogP contribution is -2.07. The lowest BCUT2D eigenvalue weighted by Gasteiger charge is -2.07. The van der Waals surface area contributed by atoms with Crippen LogP contribution in [0.3, 0.4) is 0 Å². The molecule has 0 saturated heterocycles. The number of carbonyl (C=O) groups excluding carboxylic acids is 1. The topological polar surface area (TPSA) is 51.5 Å². The number of aliphatic hydroxyl groups is 1. The molecule has 0 aliphatic carbocycles. The Morgan fingerprint density at radius 3 is 2.88 bits per heavy atom. The van der Waals surface area contributed by atoms with Gasteiger partial charge >= 0.3 is 5.97 Å². The number of hydrogen-bond acceptors (Lipinski definition) is 3. The molecule has 90 valence electrons. The van der Waals surface area contributed by atoms with Gasteiger partial charge in [0.15, 0.2) is 0 Å². The number of ether oxygens (including phenoxy) is 1. The Bertz CT molecular complexity index is 545. The van der Waals surface area contributed by atoms with Crippen molar-refractivity contribution < 1.29 is 14.6 Å². The summed E-state index contributed by atoms with van der Waals surface area (Å²) in [6.45, 7) is 0. The number of hydrogen-bond donors (Lipinski definition) is 1. The number of carbonyl (C=O) groups is 1. The third kappa shape index (κ3) is 2.17. The second-order valence-electron chi connectivity index (χ2n) is 4.01. The predicted octanol–water partition coefficient (Wildman–Crippen LogP) is 1.77. The van der Waals surface area contributed by atoms with E-state index >= 15 is 0 Å². The van der Waals surface area contributed by atoms with Crippen molar-refractivity contribution in [1.82, 2.24) is 4.57 Å². The van der Waals surface area contributed by atoms with Gasteiger partial charge in [-0.15, -0.1) is 0 Å². The van der Waals surface area contributed by atoms with E-state index in [1.54, 1.807) is 0 Å². The average molecular weight is 233 g/mol. The summed E-state index contributed by atoms with van der Waals surface area (Å²) in [5.74, 6) is -0.412. The van der Waals surface area contributed by atoms with Gasteiger partial charge in [0.25, 0.3) is 0 Å². The number of aryl methyl sites for hydroxylation is 1. The largest absolute Gasteiger partial charge is 0.469 e. The third-order valence-electron chi connectivity index (χ3n) is 2.87. The minimum atomic E-state index is -0.825. The van der Waals surface area contributed by atoms with E-state index in [1.807, 2.05) is 42.1 Å². The second kappa shape index (κ2) is 4.59. The van der Waals surface area contributed by atoms with Gasteiger partial charge in [-0.1, -0.05) is 18.2 Å². The first-order valence-electron chi connectivity index (χ1n) is 5.42. The molecule has 2 rings (SSSR count). The number of benzene rings is 1. The lowest BCUT2D eigenvalue weighted by atomic mass is 10.1. The van der Waals surface area contributed by atoms with Gasteiger partial charge in [-0.2, -0.15) is 0 Å². The summed E-state index contributed by atoms with van der Waals surface area (Å²) < 4.78 is 6.49. The Labute approximate surface area is 99.4 Å². The molecule has 0 bridgehead atoms. The molecule has 0 aliphatic heterocycles. The van der Waals surface area contributed by atoms with E-state index in [4.69, 9.17) is 0 Å². The first kappa shape index (κ1) is 11.7. The molecule has 1 aromatic carbocycles. The van der Waals surface area contributed by atoms with Crippen molar-refractivity contribution in [2.24, 2.45) is 7.05 Å². The molecule has 0 fully saturated rings. The zero-order valence-corrected chi connectivity index (χ0v) is 9.88. The maximum atomic E-state index is 11.1. The molecule has 0 amide bonds. The van der Waals surface area contributed by atoms with E-state index in [0.29, 0.717) is 0 Å². The Morgan fingerprint density at radius 1 is 1.47 bits per heavy atom. The van der Waals surface area contributed by atoms with Crippen molar-refractivity contribution in [2.75, 3.05) is 7.11 Å². The Balaban J connectivity index is 2.38. The van der Waals surface area contributed by atoms with Crippen LogP contribution in [0.5, 0.6) is 0 Å². The van der Waals surface area contributed by atoms with Gasteiger partial charge in [-0.25, -0.2) is 0 Å². The summed E-state index contributed by atoms with van der Waals surface area (Å²) in [6.07, 6.45) is 0.997. The molecule has 1 N–H and O–H groups in total. The van der Waals surface area contributed by atoms with E-state index in [0.717, 1.165) is 16.5 Å². The van der Waals surface area contributed by atoms with Gasteiger partial charge in [0.2, 0.25) is 0 Å². The van der Waals surface area contributed by atoms with Crippen LogP contribution in [0.15, 0.2) is 30.5 Å². The van der Waals surface area contributed by atoms with Gasteiger partial charge in [0.05, 0.1) is 19.6 Å². The first-order chi connectivity index (χ1) is 8.13. The Hall–Kier alpha value is -1.81. The molecule has 0 saturated carbocycles. The fourth-order valence-corrected chi connectivity index (χ4v) is 1.99. The van der Waals surface area contributed by atoms with E-state index in [1.165, 1.54) is 7.11 Å². The van der Waals surface area contributed by atoms with Crippen molar-refractivity contribution in [1.29, 1.82) is 0 Å². The normalized spacial score (nSPS) is 12.6. The van der Waals surface area contributed by atoms with Gasteiger partial charge in [0.1, 0.15) is 0 Å². The number of rotatable bonds is 3. The van der Waals surface area contributed by atoms with E-state index in [-0.39, 0.29) is 6.42 Å². The van der Waals surface area contributed by atoms with Crippen molar-refractivity contribution >= 4 is 16.9 Å². The smallest absolute Gasteiger partial charge is 0.308 e. The zero-order chi connectivity index (χ0) is 12.4. The molecule has 0 radical (unpaired) electrons. The number of fused-ring (bicyclic) bond motifs is 1. The molecule has 0 spiro atoms. The van der Waals surface area contributed by atoms with Gasteiger partial charge < -0.3 is 14.4 Å². The first-order valence-corrected chi connectivity index (χ1v) is 5.42. The van der Waals surface area contributed by atoms with E-state index in [9.17, 15) is 9.90 Å². The zero-order valence-electron chi connectivity index (χ0n) is 9.88. The predicted molar refractivity (Wildman–Crippen MR) is 64.5 cm³/mol. The van der Waals surface area contributed by atoms with Crippen LogP contribution < -0.4 is 0 Å². The molecule has 1 aromatic heterocycles. The van der Waals surface area contributed by atoms with Crippen LogP contribution in [-0.2, 0) is 16.6 Å². The van der Waals surface area contributed by atoms with Crippen molar-refractivity contribution in [3.05, 3.63) is 36.0 Å². The molecule has 1 atom stereocenters. The van der Waals surface area contributed by atoms with Crippen LogP contribution >= 0.6 is 0 Å². The molecule has 1 heterocycles. The maximum Gasteiger partial charge on any atom is 0.308 e. The molecule has 17 heavy (non-hydrogen) atoms. The van der Waals surface area contributed by atoms with Gasteiger partial charge in [-0.3, -0.25) is 4.79 Å². The number of nitrogens with zero attached hydrogens (tertiary/aromatic N) is 1. The fraction of sp³-hybridized carbons (Fsp3) is 0.308. The van der Waals surface area contributed by atoms with Crippen LogP contribution in [0.4, 0.5) is 0 Å². The SMILES string of the molecule is COC(=O)C[C@H](O)c1cn(C)c2ccccc12. The van der Waals surface area contributed by atoms with Gasteiger partial charge in [-0.05, 0) is 6.07 Å². The highest BCUT2D eigenvalue weighted by Crippen LogP contribution is 2.27. The van der Waals surface area contributed by atoms with Crippen LogP contribution in [0.1, 0.15) is 18.1 Å². The van der Waals surface area contributed by atoms with Gasteiger partial charge in [0, 0.05) is 29.7 Å². The highest BCUT2D eigenvalue weighted by molar-refractivity contribution is 5.85. The van der Waals surface area contributed by atoms with Crippen LogP contribution in [0, 0.1) is 0 Å². The Kier molecular flexibility index (Phi) is 3.15. The minimum absolute atomic E-state index is 0.0233. The minimum Gasteiger partial charge on any atom is -0.469 e. The fourth-order valence-electron chi connectivity index (χ4n) is 1.99. The van der Waals surface area contributed by atoms with Crippen molar-refractivity contribution in [3.8, 4) is 0 Å². The number of aromatic nitrogens is 1. The Morgan fingerprint density at radius 2 is 2.18 bits per heavy atom. The molecular formula is C13H15NO3. The highest BCUT2D eigenvalue weighted by atomic mass is 16.5. The summed E-state index contributed by atoms with van der Waals surface area (Å²) in [6, 6.07) is 7.77. The standard InChI is InChI=1S/C13H15NO3/c1-14-8-10(12(15)7-13(16)17-2)9-5-3-4-6-11(9)14/h3-6,8,12,15H,7H2,1-2H3/t12-/m0/s1. The van der Waals surface area contributed by atoms with E-state index < -0.39 is 12.1 Å². The monoisotopic (exact) mass is 233 g/mol. The molecule has 0 unspecified atom stereocenters. The molecule has 0 aliphatic rings. The van der Waals surface area contributed by atoms with Crippen LogP contribution in [-0.4, -0.2) is 22.8 Å². The molecule has 4 heteroatoms. The van der Waals surface area contributed by atoms with Crippen LogP contribution in [0.25, 0.3) is 10.9 Å². The molecule has 2 aromatic rings. The quantitative estimate of drug-likeness (QED) is 0.822. The number of aliphatic hydroxyl groups excluding tert-OH is 1. The lowest BCUT2D eigenvalue weighted by molar-refractivity contribution is -0.142. The number of methoxy groups -OCH3 is 1. The van der Waals surface area contributed by atoms with E-state index in [2.05, 4.69) is 4.74 Å². The average Bonchev–Trinajstić information content (AvgIpc) is 2.67. The number of para-hydroxylation sites is 1. The van der Waals surface area contributed by atoms with Crippen LogP contribution in [0.2, 0.25) is 0 Å². The second-order valence-corrected chi connectivity index (χ2v) is 4.01. The summed E-state index contributed by atoms with van der Waals surface area (Å²) >= 11 is 0. The number of esters is 1. The summed E-state index contributed by atoms with van der Waals surface area (Å²) in [5, 5.41) is 11.0. The highest BCUT2D eigenvalue weighted by Gasteiger charge is 2.17. The van der Waals surface area contributed by atoms with Crippen molar-refractivity contribution in [2.45, 2.75) is 12.5 Å². The van der Waals surface area contributed by atoms with Crippen molar-refractivity contribution in [3.63, 3.8) is 0 Å². The molecular weight excluding hydrogens is 218 g/mol. The summed E-state index contributed by atoms with van der Waals surface area (Å²) in [4.78, 5) is 11.1.